The molecule has 2 aliphatic heterocycles. The van der Waals surface area contributed by atoms with E-state index in [-0.39, 0.29) is 5.91 Å². The minimum Gasteiger partial charge on any atom is -0.407 e. The Morgan fingerprint density at radius 2 is 2.09 bits per heavy atom. The van der Waals surface area contributed by atoms with E-state index in [0.717, 1.165) is 17.2 Å². The topological polar surface area (TPSA) is 97.4 Å². The predicted octanol–water partition coefficient (Wildman–Crippen LogP) is 2.75. The summed E-state index contributed by atoms with van der Waals surface area (Å²) < 4.78 is 13.4. The number of benzene rings is 1. The van der Waals surface area contributed by atoms with Gasteiger partial charge in [-0.1, -0.05) is 22.9 Å². The van der Waals surface area contributed by atoms with Crippen molar-refractivity contribution in [3.8, 4) is 17.0 Å². The van der Waals surface area contributed by atoms with Gasteiger partial charge in [0.15, 0.2) is 12.7 Å². The lowest BCUT2D eigenvalue weighted by Crippen LogP contribution is -2.45. The normalized spacial score (nSPS) is 19.0. The lowest BCUT2D eigenvalue weighted by atomic mass is 10.0. The third kappa shape index (κ3) is 4.55. The summed E-state index contributed by atoms with van der Waals surface area (Å²) >= 11 is 0. The first-order chi connectivity index (χ1) is 16.5. The average molecular weight is 460 g/mol. The molecule has 3 aliphatic rings. The number of rotatable bonds is 5. The van der Waals surface area contributed by atoms with Gasteiger partial charge in [0.05, 0.1) is 25.5 Å². The Hall–Kier alpha value is -3.61. The Kier molecular flexibility index (Phi) is 6.09. The van der Waals surface area contributed by atoms with Gasteiger partial charge in [0, 0.05) is 30.8 Å². The smallest absolute Gasteiger partial charge is 0.378 e. The van der Waals surface area contributed by atoms with Crippen LogP contribution in [0.1, 0.15) is 30.9 Å². The maximum atomic E-state index is 12.7. The quantitative estimate of drug-likeness (QED) is 0.548. The summed E-state index contributed by atoms with van der Waals surface area (Å²) in [5.74, 6) is 1.73. The highest BCUT2D eigenvalue weighted by Crippen LogP contribution is 2.36. The molecular formula is C25H27N6O3+. The number of pyridine rings is 1. The molecule has 1 unspecified atom stereocenters. The highest BCUT2D eigenvalue weighted by molar-refractivity contribution is 6.04. The summed E-state index contributed by atoms with van der Waals surface area (Å²) in [5.41, 5.74) is 9.96. The van der Waals surface area contributed by atoms with E-state index in [1.54, 1.807) is 27.9 Å². The van der Waals surface area contributed by atoms with Crippen molar-refractivity contribution in [3.05, 3.63) is 53.5 Å². The number of hydrazone groups is 1. The Morgan fingerprint density at radius 1 is 1.29 bits per heavy atom. The van der Waals surface area contributed by atoms with Crippen LogP contribution in [-0.2, 0) is 9.53 Å². The molecule has 5 rings (SSSR count). The summed E-state index contributed by atoms with van der Waals surface area (Å²) in [5, 5.41) is 4.61. The molecule has 1 aliphatic carbocycles. The summed E-state index contributed by atoms with van der Waals surface area (Å²) in [6.45, 7) is 9.54. The molecule has 9 nitrogen and oxygen atoms in total. The van der Waals surface area contributed by atoms with Crippen molar-refractivity contribution in [2.24, 2.45) is 16.8 Å². The molecular weight excluding hydrogens is 432 g/mol. The van der Waals surface area contributed by atoms with E-state index in [9.17, 15) is 4.79 Å². The largest absolute Gasteiger partial charge is 0.407 e. The lowest BCUT2D eigenvalue weighted by Gasteiger charge is -2.29. The number of morpholine rings is 1. The molecule has 2 fully saturated rings. The van der Waals surface area contributed by atoms with Crippen molar-refractivity contribution < 1.29 is 19.0 Å². The van der Waals surface area contributed by atoms with Crippen molar-refractivity contribution in [2.75, 3.05) is 33.4 Å². The molecule has 2 aromatic rings. The Bertz CT molecular complexity index is 1200. The Labute approximate surface area is 198 Å². The van der Waals surface area contributed by atoms with Crippen LogP contribution in [0.15, 0.2) is 41.6 Å². The summed E-state index contributed by atoms with van der Waals surface area (Å²) in [4.78, 5) is 22.6. The first-order valence-electron chi connectivity index (χ1n) is 11.5. The molecule has 34 heavy (non-hydrogen) atoms. The number of aromatic nitrogens is 1. The molecule has 1 aromatic heterocycles. The van der Waals surface area contributed by atoms with Crippen LogP contribution < -0.4 is 10.5 Å². The van der Waals surface area contributed by atoms with E-state index >= 15 is 0 Å². The molecule has 0 spiro atoms. The number of nitrogens with zero attached hydrogens (tertiary/aromatic N) is 5. The lowest BCUT2D eigenvalue weighted by molar-refractivity contribution is -0.506. The summed E-state index contributed by atoms with van der Waals surface area (Å²) in [6.07, 6.45) is 4.68. The SMILES string of the molecule is [C-]#[N+]c1ccc(-c2ccc(C(N)C(=O)N3CCOCC3)cn2)c(OC2=[N+](C)N=C(C3CC3)C2)c1. The van der Waals surface area contributed by atoms with Crippen LogP contribution in [0.4, 0.5) is 5.69 Å². The van der Waals surface area contributed by atoms with Gasteiger partial charge in [-0.2, -0.15) is 0 Å². The Balaban J connectivity index is 1.36. The zero-order valence-corrected chi connectivity index (χ0v) is 19.1. The first kappa shape index (κ1) is 22.2. The van der Waals surface area contributed by atoms with Crippen LogP contribution in [0.3, 0.4) is 0 Å². The second-order valence-electron chi connectivity index (χ2n) is 8.75. The van der Waals surface area contributed by atoms with E-state index in [2.05, 4.69) is 14.9 Å². The zero-order valence-electron chi connectivity index (χ0n) is 19.1. The van der Waals surface area contributed by atoms with Crippen molar-refractivity contribution in [3.63, 3.8) is 0 Å². The van der Waals surface area contributed by atoms with Crippen LogP contribution in [0, 0.1) is 12.5 Å². The second kappa shape index (κ2) is 9.33. The fraction of sp³-hybridized carbons (Fsp3) is 0.400. The van der Waals surface area contributed by atoms with Gasteiger partial charge in [-0.3, -0.25) is 9.78 Å². The first-order valence-corrected chi connectivity index (χ1v) is 11.5. The molecule has 1 atom stereocenters. The van der Waals surface area contributed by atoms with E-state index in [4.69, 9.17) is 21.8 Å². The van der Waals surface area contributed by atoms with E-state index in [1.165, 1.54) is 12.8 Å². The van der Waals surface area contributed by atoms with Crippen molar-refractivity contribution in [1.82, 2.24) is 9.88 Å². The molecule has 1 amide bonds. The van der Waals surface area contributed by atoms with Gasteiger partial charge in [-0.15, -0.1) is 0 Å². The third-order valence-electron chi connectivity index (χ3n) is 6.35. The predicted molar refractivity (Wildman–Crippen MR) is 127 cm³/mol. The van der Waals surface area contributed by atoms with Gasteiger partial charge in [0.2, 0.25) is 5.91 Å². The fourth-order valence-corrected chi connectivity index (χ4v) is 4.17. The molecule has 1 saturated heterocycles. The number of ether oxygens (including phenoxy) is 2. The third-order valence-corrected chi connectivity index (χ3v) is 6.35. The van der Waals surface area contributed by atoms with Gasteiger partial charge in [-0.25, -0.2) is 4.85 Å². The van der Waals surface area contributed by atoms with Crippen LogP contribution in [-0.4, -0.2) is 65.4 Å². The number of carbonyl (C=O) groups is 1. The highest BCUT2D eigenvalue weighted by Gasteiger charge is 2.37. The van der Waals surface area contributed by atoms with Crippen LogP contribution in [0.2, 0.25) is 0 Å². The van der Waals surface area contributed by atoms with Crippen molar-refractivity contribution in [1.29, 1.82) is 0 Å². The second-order valence-corrected chi connectivity index (χ2v) is 8.75. The number of carbonyl (C=O) groups excluding carboxylic acids is 1. The van der Waals surface area contributed by atoms with Gasteiger partial charge in [0.1, 0.15) is 23.9 Å². The van der Waals surface area contributed by atoms with Gasteiger partial charge >= 0.3 is 5.90 Å². The molecule has 2 N–H and O–H groups in total. The van der Waals surface area contributed by atoms with E-state index in [0.29, 0.717) is 61.3 Å². The molecule has 0 bridgehead atoms. The Morgan fingerprint density at radius 3 is 2.76 bits per heavy atom. The molecule has 0 radical (unpaired) electrons. The molecule has 1 aromatic carbocycles. The van der Waals surface area contributed by atoms with Crippen LogP contribution in [0.5, 0.6) is 5.75 Å². The number of amides is 1. The number of nitrogens with two attached hydrogens (primary N) is 1. The average Bonchev–Trinajstić information content (AvgIpc) is 3.67. The fourth-order valence-electron chi connectivity index (χ4n) is 4.17. The summed E-state index contributed by atoms with van der Waals surface area (Å²) in [7, 11) is 1.88. The number of hydrogen-bond donors (Lipinski definition) is 1. The minimum absolute atomic E-state index is 0.129. The molecule has 9 heteroatoms. The zero-order chi connectivity index (χ0) is 23.7. The maximum absolute atomic E-state index is 12.7. The highest BCUT2D eigenvalue weighted by atomic mass is 16.5. The van der Waals surface area contributed by atoms with Crippen LogP contribution >= 0.6 is 0 Å². The van der Waals surface area contributed by atoms with Gasteiger partial charge in [-0.05, 0) is 35.6 Å². The van der Waals surface area contributed by atoms with Crippen molar-refractivity contribution >= 4 is 23.2 Å². The van der Waals surface area contributed by atoms with E-state index < -0.39 is 6.04 Å². The summed E-state index contributed by atoms with van der Waals surface area (Å²) in [6, 6.07) is 8.18. The van der Waals surface area contributed by atoms with Crippen LogP contribution in [0.25, 0.3) is 16.1 Å². The monoisotopic (exact) mass is 459 g/mol. The van der Waals surface area contributed by atoms with Gasteiger partial charge in [0.25, 0.3) is 0 Å². The van der Waals surface area contributed by atoms with E-state index in [1.807, 2.05) is 25.2 Å². The standard InChI is InChI=1S/C25H27N6O3/c1-27-18-6-7-19(22(13-18)34-23-14-21(16-3-4-16)29-30(23)2)20-8-5-17(15-28-20)24(26)25(32)31-9-11-33-12-10-31/h5-8,13,15-16,24H,3-4,9-12,14,26H2,2H3/q+1. The molecule has 1 saturated carbocycles. The molecule has 174 valence electrons. The van der Waals surface area contributed by atoms with Crippen molar-refractivity contribution in [2.45, 2.75) is 25.3 Å². The minimum atomic E-state index is -0.777. The molecule has 3 heterocycles. The number of hydrogen-bond acceptors (Lipinski definition) is 6. The van der Waals surface area contributed by atoms with Gasteiger partial charge < -0.3 is 20.1 Å². The maximum Gasteiger partial charge on any atom is 0.378 e.